The summed E-state index contributed by atoms with van der Waals surface area (Å²) in [7, 11) is 3.10. The Labute approximate surface area is 107 Å². The molecule has 0 aliphatic carbocycles. The second kappa shape index (κ2) is 5.82. The molecule has 1 aromatic rings. The summed E-state index contributed by atoms with van der Waals surface area (Å²) in [6.07, 6.45) is 4.10. The van der Waals surface area contributed by atoms with Crippen molar-refractivity contribution in [1.29, 1.82) is 0 Å². The molecule has 0 aliphatic rings. The second-order valence-corrected chi connectivity index (χ2v) is 6.54. The summed E-state index contributed by atoms with van der Waals surface area (Å²) in [4.78, 5) is 0. The maximum atomic E-state index is 11.2. The molecular formula is C10H18ClN3O2S. The smallest absolute Gasteiger partial charge is 0.296 e. The van der Waals surface area contributed by atoms with Gasteiger partial charge in [-0.2, -0.15) is 0 Å². The van der Waals surface area contributed by atoms with Crippen molar-refractivity contribution in [3.63, 3.8) is 0 Å². The van der Waals surface area contributed by atoms with Crippen molar-refractivity contribution in [2.24, 2.45) is 7.05 Å². The monoisotopic (exact) mass is 279 g/mol. The first-order valence-corrected chi connectivity index (χ1v) is 8.06. The highest BCUT2D eigenvalue weighted by atomic mass is 35.7. The third-order valence-electron chi connectivity index (χ3n) is 2.85. The van der Waals surface area contributed by atoms with E-state index in [1.54, 1.807) is 7.05 Å². The Morgan fingerprint density at radius 3 is 2.41 bits per heavy atom. The SMILES string of the molecule is CCCCC(CC)c1nnc(S(=O)(=O)Cl)n1C. The number of aromatic nitrogens is 3. The van der Waals surface area contributed by atoms with Gasteiger partial charge in [0.1, 0.15) is 5.82 Å². The van der Waals surface area contributed by atoms with Crippen molar-refractivity contribution in [2.45, 2.75) is 50.6 Å². The lowest BCUT2D eigenvalue weighted by Crippen LogP contribution is -2.09. The Balaban J connectivity index is 3.02. The normalized spacial score (nSPS) is 13.9. The zero-order valence-electron chi connectivity index (χ0n) is 10.4. The van der Waals surface area contributed by atoms with E-state index in [-0.39, 0.29) is 11.1 Å². The van der Waals surface area contributed by atoms with Crippen molar-refractivity contribution in [3.05, 3.63) is 5.82 Å². The average Bonchev–Trinajstić information content (AvgIpc) is 2.62. The van der Waals surface area contributed by atoms with E-state index in [0.29, 0.717) is 5.82 Å². The molecule has 0 aliphatic heterocycles. The minimum atomic E-state index is -3.81. The largest absolute Gasteiger partial charge is 0.304 e. The minimum absolute atomic E-state index is 0.177. The van der Waals surface area contributed by atoms with Crippen molar-refractivity contribution < 1.29 is 8.42 Å². The van der Waals surface area contributed by atoms with Gasteiger partial charge in [0, 0.05) is 23.6 Å². The van der Waals surface area contributed by atoms with Crippen LogP contribution < -0.4 is 0 Å². The lowest BCUT2D eigenvalue weighted by atomic mass is 9.99. The highest BCUT2D eigenvalue weighted by Crippen LogP contribution is 2.25. The molecule has 0 saturated heterocycles. The Hall–Kier alpha value is -0.620. The van der Waals surface area contributed by atoms with Gasteiger partial charge < -0.3 is 4.57 Å². The fourth-order valence-corrected chi connectivity index (χ4v) is 2.82. The van der Waals surface area contributed by atoms with Crippen LogP contribution in [-0.4, -0.2) is 23.2 Å². The first-order valence-electron chi connectivity index (χ1n) is 5.75. The lowest BCUT2D eigenvalue weighted by Gasteiger charge is -2.13. The maximum absolute atomic E-state index is 11.2. The molecule has 0 bridgehead atoms. The maximum Gasteiger partial charge on any atom is 0.296 e. The molecule has 17 heavy (non-hydrogen) atoms. The molecule has 98 valence electrons. The summed E-state index contributed by atoms with van der Waals surface area (Å²) in [6, 6.07) is 0. The molecule has 0 aromatic carbocycles. The van der Waals surface area contributed by atoms with Gasteiger partial charge in [-0.1, -0.05) is 26.7 Å². The number of unbranched alkanes of at least 4 members (excludes halogenated alkanes) is 1. The molecule has 1 atom stereocenters. The molecule has 7 heteroatoms. The van der Waals surface area contributed by atoms with E-state index in [4.69, 9.17) is 10.7 Å². The third kappa shape index (κ3) is 3.42. The van der Waals surface area contributed by atoms with Crippen LogP contribution in [0.3, 0.4) is 0 Å². The molecule has 5 nitrogen and oxygen atoms in total. The molecule has 1 aromatic heterocycles. The van der Waals surface area contributed by atoms with E-state index < -0.39 is 9.05 Å². The topological polar surface area (TPSA) is 64.8 Å². The summed E-state index contributed by atoms with van der Waals surface area (Å²) >= 11 is 0. The Bertz CT molecular complexity index is 470. The molecule has 0 amide bonds. The van der Waals surface area contributed by atoms with Crippen LogP contribution >= 0.6 is 10.7 Å². The van der Waals surface area contributed by atoms with Crippen LogP contribution in [0.15, 0.2) is 5.16 Å². The van der Waals surface area contributed by atoms with Crippen LogP contribution in [0.5, 0.6) is 0 Å². The van der Waals surface area contributed by atoms with Crippen LogP contribution in [0.2, 0.25) is 0 Å². The fourth-order valence-electron chi connectivity index (χ4n) is 1.86. The number of nitrogens with zero attached hydrogens (tertiary/aromatic N) is 3. The lowest BCUT2D eigenvalue weighted by molar-refractivity contribution is 0.519. The standard InChI is InChI=1S/C10H18ClN3O2S/c1-4-6-7-8(5-2)9-12-13-10(14(9)3)17(11,15)16/h8H,4-7H2,1-3H3. The van der Waals surface area contributed by atoms with Gasteiger partial charge in [0.15, 0.2) is 0 Å². The van der Waals surface area contributed by atoms with E-state index in [9.17, 15) is 8.42 Å². The summed E-state index contributed by atoms with van der Waals surface area (Å²) in [5.41, 5.74) is 0. The van der Waals surface area contributed by atoms with E-state index in [1.807, 2.05) is 0 Å². The van der Waals surface area contributed by atoms with Crippen LogP contribution in [-0.2, 0) is 16.1 Å². The first kappa shape index (κ1) is 14.4. The Morgan fingerprint density at radius 1 is 1.35 bits per heavy atom. The molecule has 0 saturated carbocycles. The predicted molar refractivity (Wildman–Crippen MR) is 66.6 cm³/mol. The zero-order chi connectivity index (χ0) is 13.1. The van der Waals surface area contributed by atoms with Crippen LogP contribution in [0, 0.1) is 0 Å². The van der Waals surface area contributed by atoms with Crippen molar-refractivity contribution >= 4 is 19.7 Å². The summed E-state index contributed by atoms with van der Waals surface area (Å²) in [6.45, 7) is 4.18. The second-order valence-electron chi connectivity index (χ2n) is 4.09. The van der Waals surface area contributed by atoms with Gasteiger partial charge in [-0.25, -0.2) is 8.42 Å². The molecule has 0 spiro atoms. The van der Waals surface area contributed by atoms with E-state index >= 15 is 0 Å². The predicted octanol–water partition coefficient (Wildman–Crippen LogP) is 2.43. The van der Waals surface area contributed by atoms with E-state index in [1.165, 1.54) is 4.57 Å². The van der Waals surface area contributed by atoms with Crippen LogP contribution in [0.1, 0.15) is 51.3 Å². The van der Waals surface area contributed by atoms with Crippen molar-refractivity contribution in [1.82, 2.24) is 14.8 Å². The highest BCUT2D eigenvalue weighted by molar-refractivity contribution is 8.13. The van der Waals surface area contributed by atoms with Gasteiger partial charge in [0.05, 0.1) is 0 Å². The molecule has 1 rings (SSSR count). The van der Waals surface area contributed by atoms with Crippen molar-refractivity contribution in [2.75, 3.05) is 0 Å². The Morgan fingerprint density at radius 2 is 2.00 bits per heavy atom. The molecule has 0 N–H and O–H groups in total. The Kier molecular flexibility index (Phi) is 4.94. The van der Waals surface area contributed by atoms with Crippen LogP contribution in [0.4, 0.5) is 0 Å². The number of hydrogen-bond acceptors (Lipinski definition) is 4. The molecular weight excluding hydrogens is 262 g/mol. The summed E-state index contributed by atoms with van der Waals surface area (Å²) in [5.74, 6) is 0.930. The summed E-state index contributed by atoms with van der Waals surface area (Å²) < 4.78 is 23.9. The van der Waals surface area contributed by atoms with Gasteiger partial charge in [0.2, 0.25) is 0 Å². The molecule has 1 unspecified atom stereocenters. The average molecular weight is 280 g/mol. The number of halogens is 1. The van der Waals surface area contributed by atoms with E-state index in [2.05, 4.69) is 24.0 Å². The first-order chi connectivity index (χ1) is 7.91. The van der Waals surface area contributed by atoms with Crippen LogP contribution in [0.25, 0.3) is 0 Å². The van der Waals surface area contributed by atoms with Gasteiger partial charge in [0.25, 0.3) is 14.2 Å². The molecule has 0 fully saturated rings. The zero-order valence-corrected chi connectivity index (χ0v) is 11.9. The fraction of sp³-hybridized carbons (Fsp3) is 0.800. The van der Waals surface area contributed by atoms with Gasteiger partial charge in [-0.15, -0.1) is 10.2 Å². The summed E-state index contributed by atoms with van der Waals surface area (Å²) in [5, 5.41) is 7.44. The minimum Gasteiger partial charge on any atom is -0.304 e. The highest BCUT2D eigenvalue weighted by Gasteiger charge is 2.23. The number of hydrogen-bond donors (Lipinski definition) is 0. The third-order valence-corrected chi connectivity index (χ3v) is 4.06. The molecule has 1 heterocycles. The van der Waals surface area contributed by atoms with Gasteiger partial charge in [-0.3, -0.25) is 0 Å². The molecule has 0 radical (unpaired) electrons. The van der Waals surface area contributed by atoms with Gasteiger partial charge in [-0.05, 0) is 12.8 Å². The number of rotatable bonds is 6. The van der Waals surface area contributed by atoms with E-state index in [0.717, 1.165) is 25.7 Å². The quantitative estimate of drug-likeness (QED) is 0.750. The van der Waals surface area contributed by atoms with Crippen molar-refractivity contribution in [3.8, 4) is 0 Å². The van der Waals surface area contributed by atoms with Gasteiger partial charge >= 0.3 is 0 Å².